The molecule has 2 aromatic rings. The molecule has 1 fully saturated rings. The van der Waals surface area contributed by atoms with Crippen LogP contribution >= 0.6 is 11.6 Å². The SMILES string of the molecule is C[C@]1(c2ccc(Cl)cn2)Oc2cccc(N3CCNCC3)c2O1. The van der Waals surface area contributed by atoms with Gasteiger partial charge in [-0.15, -0.1) is 0 Å². The van der Waals surface area contributed by atoms with E-state index in [1.807, 2.05) is 25.1 Å². The molecule has 1 aromatic heterocycles. The molecule has 0 radical (unpaired) electrons. The Morgan fingerprint density at radius 1 is 1.17 bits per heavy atom. The molecule has 1 aromatic carbocycles. The molecule has 5 nitrogen and oxygen atoms in total. The molecule has 4 rings (SSSR count). The second-order valence-electron chi connectivity index (χ2n) is 5.85. The van der Waals surface area contributed by atoms with Gasteiger partial charge in [-0.05, 0) is 24.3 Å². The summed E-state index contributed by atoms with van der Waals surface area (Å²) in [6, 6.07) is 9.64. The number of rotatable bonds is 2. The number of nitrogens with zero attached hydrogens (tertiary/aromatic N) is 2. The molecule has 2 aliphatic rings. The number of aromatic nitrogens is 1. The Kier molecular flexibility index (Phi) is 3.54. The van der Waals surface area contributed by atoms with E-state index in [0.717, 1.165) is 43.4 Å². The van der Waals surface area contributed by atoms with Crippen molar-refractivity contribution < 1.29 is 9.47 Å². The summed E-state index contributed by atoms with van der Waals surface area (Å²) in [7, 11) is 0. The maximum atomic E-state index is 6.21. The smallest absolute Gasteiger partial charge is 0.292 e. The van der Waals surface area contributed by atoms with Crippen molar-refractivity contribution in [2.45, 2.75) is 12.7 Å². The molecule has 23 heavy (non-hydrogen) atoms. The van der Waals surface area contributed by atoms with Gasteiger partial charge in [0, 0.05) is 39.3 Å². The molecule has 3 heterocycles. The van der Waals surface area contributed by atoms with Crippen molar-refractivity contribution in [1.82, 2.24) is 10.3 Å². The molecule has 2 aliphatic heterocycles. The molecule has 0 unspecified atom stereocenters. The van der Waals surface area contributed by atoms with Gasteiger partial charge in [0.05, 0.1) is 10.7 Å². The van der Waals surface area contributed by atoms with E-state index >= 15 is 0 Å². The van der Waals surface area contributed by atoms with E-state index < -0.39 is 5.79 Å². The highest BCUT2D eigenvalue weighted by molar-refractivity contribution is 6.30. The summed E-state index contributed by atoms with van der Waals surface area (Å²) in [6.45, 7) is 5.73. The maximum absolute atomic E-state index is 6.21. The second-order valence-corrected chi connectivity index (χ2v) is 6.29. The van der Waals surface area contributed by atoms with Gasteiger partial charge in [-0.1, -0.05) is 17.7 Å². The zero-order valence-electron chi connectivity index (χ0n) is 12.9. The van der Waals surface area contributed by atoms with E-state index in [2.05, 4.69) is 21.3 Å². The molecule has 0 bridgehead atoms. The normalized spacial score (nSPS) is 23.1. The Morgan fingerprint density at radius 3 is 2.74 bits per heavy atom. The zero-order valence-corrected chi connectivity index (χ0v) is 13.6. The summed E-state index contributed by atoms with van der Waals surface area (Å²) in [5.41, 5.74) is 1.77. The summed E-state index contributed by atoms with van der Waals surface area (Å²) in [5.74, 6) is 0.603. The summed E-state index contributed by atoms with van der Waals surface area (Å²) in [5, 5.41) is 3.96. The molecule has 0 spiro atoms. The van der Waals surface area contributed by atoms with E-state index in [9.17, 15) is 0 Å². The molecular formula is C17H18ClN3O2. The van der Waals surface area contributed by atoms with Gasteiger partial charge in [-0.2, -0.15) is 0 Å². The van der Waals surface area contributed by atoms with Crippen molar-refractivity contribution in [3.8, 4) is 11.5 Å². The topological polar surface area (TPSA) is 46.6 Å². The van der Waals surface area contributed by atoms with Gasteiger partial charge in [-0.25, -0.2) is 0 Å². The van der Waals surface area contributed by atoms with E-state index in [-0.39, 0.29) is 0 Å². The molecule has 0 saturated carbocycles. The number of anilines is 1. The van der Waals surface area contributed by atoms with E-state index in [4.69, 9.17) is 21.1 Å². The van der Waals surface area contributed by atoms with Crippen LogP contribution in [0.1, 0.15) is 12.6 Å². The van der Waals surface area contributed by atoms with Crippen LogP contribution in [0.4, 0.5) is 5.69 Å². The average molecular weight is 332 g/mol. The molecule has 1 N–H and O–H groups in total. The number of para-hydroxylation sites is 1. The van der Waals surface area contributed by atoms with Gasteiger partial charge < -0.3 is 19.7 Å². The summed E-state index contributed by atoms with van der Waals surface area (Å²) >= 11 is 5.92. The highest BCUT2D eigenvalue weighted by atomic mass is 35.5. The van der Waals surface area contributed by atoms with Gasteiger partial charge in [0.1, 0.15) is 5.69 Å². The maximum Gasteiger partial charge on any atom is 0.292 e. The number of benzene rings is 1. The van der Waals surface area contributed by atoms with Crippen molar-refractivity contribution in [1.29, 1.82) is 0 Å². The molecule has 1 saturated heterocycles. The van der Waals surface area contributed by atoms with Crippen LogP contribution in [0.2, 0.25) is 5.02 Å². The van der Waals surface area contributed by atoms with Crippen LogP contribution in [0.25, 0.3) is 0 Å². The minimum Gasteiger partial charge on any atom is -0.443 e. The fraction of sp³-hybridized carbons (Fsp3) is 0.353. The number of piperazine rings is 1. The van der Waals surface area contributed by atoms with Crippen LogP contribution in [-0.4, -0.2) is 31.2 Å². The highest BCUT2D eigenvalue weighted by Gasteiger charge is 2.41. The van der Waals surface area contributed by atoms with Crippen LogP contribution in [0.3, 0.4) is 0 Å². The van der Waals surface area contributed by atoms with Gasteiger partial charge in [-0.3, -0.25) is 4.98 Å². The summed E-state index contributed by atoms with van der Waals surface area (Å²) in [4.78, 5) is 6.67. The van der Waals surface area contributed by atoms with Gasteiger partial charge in [0.25, 0.3) is 5.79 Å². The Hall–Kier alpha value is -1.98. The lowest BCUT2D eigenvalue weighted by Gasteiger charge is -2.30. The van der Waals surface area contributed by atoms with Crippen molar-refractivity contribution in [2.24, 2.45) is 0 Å². The van der Waals surface area contributed by atoms with E-state index in [0.29, 0.717) is 10.7 Å². The standard InChI is InChI=1S/C17H18ClN3O2/c1-17(15-6-5-12(18)11-20-15)22-14-4-2-3-13(16(14)23-17)21-9-7-19-8-10-21/h2-6,11,19H,7-10H2,1H3/t17-/m0/s1. The first kappa shape index (κ1) is 14.6. The number of hydrogen-bond acceptors (Lipinski definition) is 5. The predicted octanol–water partition coefficient (Wildman–Crippen LogP) is 2.79. The molecule has 1 atom stereocenters. The van der Waals surface area contributed by atoms with Crippen LogP contribution in [0.5, 0.6) is 11.5 Å². The first-order valence-electron chi connectivity index (χ1n) is 7.74. The van der Waals surface area contributed by atoms with Crippen molar-refractivity contribution in [3.63, 3.8) is 0 Å². The van der Waals surface area contributed by atoms with Gasteiger partial charge >= 0.3 is 0 Å². The Morgan fingerprint density at radius 2 is 2.00 bits per heavy atom. The third-order valence-corrected chi connectivity index (χ3v) is 4.43. The van der Waals surface area contributed by atoms with Crippen LogP contribution in [0, 0.1) is 0 Å². The highest BCUT2D eigenvalue weighted by Crippen LogP contribution is 2.48. The molecule has 0 aliphatic carbocycles. The first-order chi connectivity index (χ1) is 11.2. The third-order valence-electron chi connectivity index (χ3n) is 4.21. The predicted molar refractivity (Wildman–Crippen MR) is 89.4 cm³/mol. The van der Waals surface area contributed by atoms with Crippen LogP contribution < -0.4 is 19.7 Å². The Labute approximate surface area is 140 Å². The number of fused-ring (bicyclic) bond motifs is 1. The lowest BCUT2D eigenvalue weighted by molar-refractivity contribution is -0.0715. The summed E-state index contributed by atoms with van der Waals surface area (Å²) < 4.78 is 12.3. The van der Waals surface area contributed by atoms with Gasteiger partial charge in [0.15, 0.2) is 11.5 Å². The second kappa shape index (κ2) is 5.58. The first-order valence-corrected chi connectivity index (χ1v) is 8.12. The zero-order chi connectivity index (χ0) is 15.9. The minimum atomic E-state index is -0.933. The van der Waals surface area contributed by atoms with Crippen molar-refractivity contribution in [3.05, 3.63) is 47.2 Å². The average Bonchev–Trinajstić information content (AvgIpc) is 2.93. The number of ether oxygens (including phenoxy) is 2. The Bertz CT molecular complexity index is 716. The van der Waals surface area contributed by atoms with E-state index in [1.54, 1.807) is 12.3 Å². The lowest BCUT2D eigenvalue weighted by Crippen LogP contribution is -2.43. The van der Waals surface area contributed by atoms with Gasteiger partial charge in [0.2, 0.25) is 0 Å². The van der Waals surface area contributed by atoms with Crippen LogP contribution in [-0.2, 0) is 5.79 Å². The monoisotopic (exact) mass is 331 g/mol. The van der Waals surface area contributed by atoms with Crippen molar-refractivity contribution in [2.75, 3.05) is 31.1 Å². The van der Waals surface area contributed by atoms with Crippen molar-refractivity contribution >= 4 is 17.3 Å². The fourth-order valence-corrected chi connectivity index (χ4v) is 3.13. The molecule has 0 amide bonds. The minimum absolute atomic E-state index is 0.592. The van der Waals surface area contributed by atoms with E-state index in [1.165, 1.54) is 0 Å². The Balaban J connectivity index is 1.67. The largest absolute Gasteiger partial charge is 0.443 e. The molecular weight excluding hydrogens is 314 g/mol. The lowest BCUT2D eigenvalue weighted by atomic mass is 10.2. The molecule has 120 valence electrons. The fourth-order valence-electron chi connectivity index (χ4n) is 3.02. The number of halogens is 1. The molecule has 6 heteroatoms. The quantitative estimate of drug-likeness (QED) is 0.917. The van der Waals surface area contributed by atoms with Crippen LogP contribution in [0.15, 0.2) is 36.5 Å². The number of hydrogen-bond donors (Lipinski definition) is 1. The summed E-state index contributed by atoms with van der Waals surface area (Å²) in [6.07, 6.45) is 1.61. The number of pyridine rings is 1. The third kappa shape index (κ3) is 2.60. The number of nitrogens with one attached hydrogen (secondary N) is 1.